The average Bonchev–Trinajstić information content (AvgIpc) is 3.18. The molecule has 5 nitrogen and oxygen atoms in total. The number of methoxy groups -OCH3 is 1. The van der Waals surface area contributed by atoms with Crippen LogP contribution in [0.3, 0.4) is 0 Å². The SMILES string of the molecule is COC(CN)CC(=O)NCC(c1cccs1)N1CCCC1.Cl.Cl. The highest BCUT2D eigenvalue weighted by molar-refractivity contribution is 7.10. The molecule has 1 saturated heterocycles. The molecule has 0 saturated carbocycles. The van der Waals surface area contributed by atoms with E-state index in [4.69, 9.17) is 10.5 Å². The van der Waals surface area contributed by atoms with Crippen molar-refractivity contribution in [3.8, 4) is 0 Å². The van der Waals surface area contributed by atoms with E-state index in [0.29, 0.717) is 19.5 Å². The fraction of sp³-hybridized carbons (Fsp3) is 0.667. The minimum absolute atomic E-state index is 0. The molecule has 134 valence electrons. The molecule has 2 heterocycles. The first-order valence-electron chi connectivity index (χ1n) is 7.51. The topological polar surface area (TPSA) is 67.6 Å². The van der Waals surface area contributed by atoms with Gasteiger partial charge in [-0.15, -0.1) is 36.2 Å². The van der Waals surface area contributed by atoms with Crippen molar-refractivity contribution in [1.29, 1.82) is 0 Å². The second-order valence-corrected chi connectivity index (χ2v) is 6.36. The van der Waals surface area contributed by atoms with Gasteiger partial charge in [-0.25, -0.2) is 0 Å². The first-order valence-corrected chi connectivity index (χ1v) is 8.39. The van der Waals surface area contributed by atoms with Gasteiger partial charge in [-0.1, -0.05) is 6.07 Å². The van der Waals surface area contributed by atoms with E-state index in [1.165, 1.54) is 17.7 Å². The summed E-state index contributed by atoms with van der Waals surface area (Å²) in [7, 11) is 1.59. The summed E-state index contributed by atoms with van der Waals surface area (Å²) in [6.07, 6.45) is 2.62. The van der Waals surface area contributed by atoms with Crippen molar-refractivity contribution < 1.29 is 9.53 Å². The van der Waals surface area contributed by atoms with Crippen molar-refractivity contribution in [1.82, 2.24) is 10.2 Å². The number of amides is 1. The Labute approximate surface area is 154 Å². The summed E-state index contributed by atoms with van der Waals surface area (Å²) in [6, 6.07) is 4.51. The lowest BCUT2D eigenvalue weighted by molar-refractivity contribution is -0.123. The molecule has 2 atom stereocenters. The summed E-state index contributed by atoms with van der Waals surface area (Å²) in [4.78, 5) is 15.8. The van der Waals surface area contributed by atoms with E-state index >= 15 is 0 Å². The molecule has 0 aliphatic carbocycles. The smallest absolute Gasteiger partial charge is 0.222 e. The van der Waals surface area contributed by atoms with Crippen LogP contribution in [0.2, 0.25) is 0 Å². The second-order valence-electron chi connectivity index (χ2n) is 5.38. The average molecular weight is 384 g/mol. The van der Waals surface area contributed by atoms with Crippen molar-refractivity contribution in [2.75, 3.05) is 33.3 Å². The molecule has 0 bridgehead atoms. The molecule has 1 aliphatic rings. The number of nitrogens with one attached hydrogen (secondary N) is 1. The van der Waals surface area contributed by atoms with Crippen molar-refractivity contribution in [3.63, 3.8) is 0 Å². The van der Waals surface area contributed by atoms with Crippen LogP contribution in [0.5, 0.6) is 0 Å². The molecule has 1 aromatic heterocycles. The van der Waals surface area contributed by atoms with Crippen molar-refractivity contribution in [2.45, 2.75) is 31.4 Å². The third kappa shape index (κ3) is 6.95. The van der Waals surface area contributed by atoms with E-state index in [0.717, 1.165) is 13.1 Å². The molecule has 0 spiro atoms. The van der Waals surface area contributed by atoms with Crippen LogP contribution in [0.4, 0.5) is 0 Å². The maximum Gasteiger partial charge on any atom is 0.222 e. The van der Waals surface area contributed by atoms with E-state index in [9.17, 15) is 4.79 Å². The quantitative estimate of drug-likeness (QED) is 0.721. The zero-order valence-electron chi connectivity index (χ0n) is 13.4. The molecule has 8 heteroatoms. The number of hydrogen-bond donors (Lipinski definition) is 2. The Morgan fingerprint density at radius 3 is 2.65 bits per heavy atom. The van der Waals surface area contributed by atoms with Crippen LogP contribution in [0.15, 0.2) is 17.5 Å². The Morgan fingerprint density at radius 1 is 1.43 bits per heavy atom. The van der Waals surface area contributed by atoms with Gasteiger partial charge in [0.05, 0.1) is 18.6 Å². The number of thiophene rings is 1. The van der Waals surface area contributed by atoms with Crippen LogP contribution < -0.4 is 11.1 Å². The van der Waals surface area contributed by atoms with E-state index < -0.39 is 0 Å². The third-order valence-corrected chi connectivity index (χ3v) is 4.93. The fourth-order valence-electron chi connectivity index (χ4n) is 2.70. The number of nitrogens with two attached hydrogens (primary N) is 1. The van der Waals surface area contributed by atoms with Crippen LogP contribution >= 0.6 is 36.2 Å². The number of nitrogens with zero attached hydrogens (tertiary/aromatic N) is 1. The number of halogens is 2. The minimum Gasteiger partial charge on any atom is -0.380 e. The van der Waals surface area contributed by atoms with Crippen LogP contribution in [0, 0.1) is 0 Å². The maximum atomic E-state index is 12.0. The molecule has 23 heavy (non-hydrogen) atoms. The summed E-state index contributed by atoms with van der Waals surface area (Å²) in [5.41, 5.74) is 5.55. The van der Waals surface area contributed by atoms with Gasteiger partial charge in [0.25, 0.3) is 0 Å². The van der Waals surface area contributed by atoms with Gasteiger partial charge in [-0.05, 0) is 37.4 Å². The van der Waals surface area contributed by atoms with Gasteiger partial charge in [0.2, 0.25) is 5.91 Å². The standard InChI is InChI=1S/C15H25N3O2S.2ClH/c1-20-12(10-16)9-15(19)17-11-13(14-5-4-8-21-14)18-6-2-3-7-18;;/h4-5,8,12-13H,2-3,6-7,9-11,16H2,1H3,(H,17,19);2*1H. The number of hydrogen-bond acceptors (Lipinski definition) is 5. The highest BCUT2D eigenvalue weighted by atomic mass is 35.5. The first kappa shape index (κ1) is 22.6. The van der Waals surface area contributed by atoms with Crippen molar-refractivity contribution >= 4 is 42.1 Å². The number of carbonyl (C=O) groups is 1. The van der Waals surface area contributed by atoms with Crippen molar-refractivity contribution in [2.24, 2.45) is 5.73 Å². The maximum absolute atomic E-state index is 12.0. The zero-order chi connectivity index (χ0) is 15.1. The Hall–Kier alpha value is -0.370. The molecule has 3 N–H and O–H groups in total. The highest BCUT2D eigenvalue weighted by Crippen LogP contribution is 2.27. The third-order valence-electron chi connectivity index (χ3n) is 3.95. The number of rotatable bonds is 8. The summed E-state index contributed by atoms with van der Waals surface area (Å²) in [5, 5.41) is 5.13. The van der Waals surface area contributed by atoms with Gasteiger partial charge in [-0.2, -0.15) is 0 Å². The van der Waals surface area contributed by atoms with Crippen LogP contribution in [-0.2, 0) is 9.53 Å². The van der Waals surface area contributed by atoms with Gasteiger partial charge in [0.15, 0.2) is 0 Å². The molecule has 2 unspecified atom stereocenters. The molecule has 1 amide bonds. The zero-order valence-corrected chi connectivity index (χ0v) is 15.9. The van der Waals surface area contributed by atoms with E-state index in [1.54, 1.807) is 18.4 Å². The Morgan fingerprint density at radius 2 is 2.13 bits per heavy atom. The van der Waals surface area contributed by atoms with Crippen LogP contribution in [0.1, 0.15) is 30.2 Å². The first-order chi connectivity index (χ1) is 10.2. The molecule has 0 aromatic carbocycles. The second kappa shape index (κ2) is 12.1. The Balaban J connectivity index is 0.00000242. The predicted octanol–water partition coefficient (Wildman–Crippen LogP) is 2.21. The fourth-order valence-corrected chi connectivity index (χ4v) is 3.56. The van der Waals surface area contributed by atoms with Gasteiger partial charge < -0.3 is 15.8 Å². The molecular weight excluding hydrogens is 357 g/mol. The normalized spacial score (nSPS) is 17.0. The monoisotopic (exact) mass is 383 g/mol. The van der Waals surface area contributed by atoms with E-state index in [2.05, 4.69) is 27.7 Å². The summed E-state index contributed by atoms with van der Waals surface area (Å²) >= 11 is 1.75. The lowest BCUT2D eigenvalue weighted by Crippen LogP contribution is -2.38. The summed E-state index contributed by atoms with van der Waals surface area (Å²) in [5.74, 6) is 0.00746. The summed E-state index contributed by atoms with van der Waals surface area (Å²) < 4.78 is 5.15. The number of carbonyl (C=O) groups excluding carboxylic acids is 1. The van der Waals surface area contributed by atoms with E-state index in [1.807, 2.05) is 0 Å². The van der Waals surface area contributed by atoms with Crippen molar-refractivity contribution in [3.05, 3.63) is 22.4 Å². The van der Waals surface area contributed by atoms with E-state index in [-0.39, 0.29) is 42.9 Å². The molecule has 2 rings (SSSR count). The molecule has 1 aliphatic heterocycles. The molecular formula is C15H27Cl2N3O2S. The Bertz CT molecular complexity index is 424. The summed E-state index contributed by atoms with van der Waals surface area (Å²) in [6.45, 7) is 3.24. The van der Waals surface area contributed by atoms with Gasteiger partial charge in [-0.3, -0.25) is 9.69 Å². The van der Waals surface area contributed by atoms with Gasteiger partial charge in [0.1, 0.15) is 0 Å². The largest absolute Gasteiger partial charge is 0.380 e. The lowest BCUT2D eigenvalue weighted by Gasteiger charge is -2.27. The van der Waals surface area contributed by atoms with Gasteiger partial charge >= 0.3 is 0 Å². The molecule has 1 fully saturated rings. The van der Waals surface area contributed by atoms with Crippen LogP contribution in [0.25, 0.3) is 0 Å². The minimum atomic E-state index is -0.197. The highest BCUT2D eigenvalue weighted by Gasteiger charge is 2.24. The lowest BCUT2D eigenvalue weighted by atomic mass is 10.2. The number of likely N-dealkylation sites (tertiary alicyclic amines) is 1. The number of ether oxygens (including phenoxy) is 1. The predicted molar refractivity (Wildman–Crippen MR) is 99.8 cm³/mol. The molecule has 1 aromatic rings. The van der Waals surface area contributed by atoms with Crippen LogP contribution in [-0.4, -0.2) is 50.2 Å². The molecule has 0 radical (unpaired) electrons. The van der Waals surface area contributed by atoms with Gasteiger partial charge in [0, 0.05) is 25.1 Å². The Kier molecular flexibility index (Phi) is 11.9.